The van der Waals surface area contributed by atoms with Crippen LogP contribution < -0.4 is 10.1 Å². The number of ether oxygens (including phenoxy) is 3. The molecule has 0 spiro atoms. The fourth-order valence-electron chi connectivity index (χ4n) is 3.45. The molecule has 0 bridgehead atoms. The van der Waals surface area contributed by atoms with Crippen molar-refractivity contribution in [3.63, 3.8) is 0 Å². The minimum absolute atomic E-state index is 0.148. The van der Waals surface area contributed by atoms with E-state index in [9.17, 15) is 0 Å². The molecule has 0 unspecified atom stereocenters. The Morgan fingerprint density at radius 1 is 1.21 bits per heavy atom. The molecule has 2 aromatic heterocycles. The summed E-state index contributed by atoms with van der Waals surface area (Å²) in [5, 5.41) is 4.57. The van der Waals surface area contributed by atoms with Crippen molar-refractivity contribution in [3.05, 3.63) is 64.0 Å². The molecule has 1 aliphatic carbocycles. The number of aromatic nitrogens is 2. The van der Waals surface area contributed by atoms with Crippen molar-refractivity contribution in [1.82, 2.24) is 14.7 Å². The molecule has 8 heteroatoms. The Bertz CT molecular complexity index is 973. The van der Waals surface area contributed by atoms with E-state index in [2.05, 4.69) is 26.8 Å². The van der Waals surface area contributed by atoms with Crippen molar-refractivity contribution in [2.24, 2.45) is 0 Å². The topological polar surface area (TPSA) is 57.0 Å². The Hall–Kier alpha value is -1.83. The van der Waals surface area contributed by atoms with Gasteiger partial charge in [-0.05, 0) is 31.0 Å². The van der Waals surface area contributed by atoms with Gasteiger partial charge in [-0.1, -0.05) is 35.3 Å². The number of hydrogen-bond acceptors (Lipinski definition) is 5. The lowest BCUT2D eigenvalue weighted by atomic mass is 9.89. The van der Waals surface area contributed by atoms with Gasteiger partial charge in [0.2, 0.25) is 0 Å². The Kier molecular flexibility index (Phi) is 6.57. The Labute approximate surface area is 179 Å². The van der Waals surface area contributed by atoms with Crippen molar-refractivity contribution in [2.75, 3.05) is 13.9 Å². The largest absolute Gasteiger partial charge is 0.489 e. The molecule has 0 saturated heterocycles. The highest BCUT2D eigenvalue weighted by molar-refractivity contribution is 6.42. The molecule has 1 saturated carbocycles. The molecule has 1 fully saturated rings. The molecular formula is C21H23Cl2N3O3. The summed E-state index contributed by atoms with van der Waals surface area (Å²) in [7, 11) is 1.61. The molecule has 0 aliphatic heterocycles. The van der Waals surface area contributed by atoms with Crippen LogP contribution in [-0.4, -0.2) is 35.4 Å². The predicted molar refractivity (Wildman–Crippen MR) is 113 cm³/mol. The number of nitrogens with zero attached hydrogens (tertiary/aromatic N) is 2. The first-order valence-electron chi connectivity index (χ1n) is 9.50. The van der Waals surface area contributed by atoms with E-state index in [4.69, 9.17) is 37.4 Å². The van der Waals surface area contributed by atoms with Gasteiger partial charge in [-0.25, -0.2) is 4.98 Å². The first kappa shape index (κ1) is 20.4. The fourth-order valence-corrected chi connectivity index (χ4v) is 3.78. The van der Waals surface area contributed by atoms with E-state index in [1.54, 1.807) is 19.4 Å². The van der Waals surface area contributed by atoms with E-state index in [1.165, 1.54) is 0 Å². The number of rotatable bonds is 9. The lowest BCUT2D eigenvalue weighted by Gasteiger charge is -2.36. The quantitative estimate of drug-likeness (QED) is 0.397. The molecule has 4 rings (SSSR count). The van der Waals surface area contributed by atoms with Crippen LogP contribution in [0.15, 0.2) is 42.7 Å². The zero-order valence-corrected chi connectivity index (χ0v) is 17.6. The van der Waals surface area contributed by atoms with Gasteiger partial charge in [-0.3, -0.25) is 0 Å². The SMILES string of the molecule is COCOCc1ccc(CNC2CC(Oc3cccc(Cl)c3Cl)C2)c2nccn12. The molecule has 0 radical (unpaired) electrons. The molecule has 0 amide bonds. The lowest BCUT2D eigenvalue weighted by molar-refractivity contribution is -0.0403. The van der Waals surface area contributed by atoms with Gasteiger partial charge in [0.15, 0.2) is 0 Å². The molecule has 1 aliphatic rings. The van der Waals surface area contributed by atoms with Crippen molar-refractivity contribution in [1.29, 1.82) is 0 Å². The van der Waals surface area contributed by atoms with E-state index in [1.807, 2.05) is 18.3 Å². The van der Waals surface area contributed by atoms with E-state index in [0.29, 0.717) is 28.4 Å². The van der Waals surface area contributed by atoms with E-state index >= 15 is 0 Å². The number of hydrogen-bond donors (Lipinski definition) is 1. The number of benzene rings is 1. The monoisotopic (exact) mass is 435 g/mol. The maximum Gasteiger partial charge on any atom is 0.146 e. The maximum atomic E-state index is 6.20. The zero-order valence-electron chi connectivity index (χ0n) is 16.1. The van der Waals surface area contributed by atoms with Gasteiger partial charge in [0.05, 0.1) is 17.3 Å². The minimum atomic E-state index is 0.148. The second kappa shape index (κ2) is 9.32. The van der Waals surface area contributed by atoms with Crippen LogP contribution in [0.2, 0.25) is 10.0 Å². The lowest BCUT2D eigenvalue weighted by Crippen LogP contribution is -2.46. The smallest absolute Gasteiger partial charge is 0.146 e. The van der Waals surface area contributed by atoms with Crippen molar-refractivity contribution in [3.8, 4) is 5.75 Å². The van der Waals surface area contributed by atoms with Gasteiger partial charge in [-0.2, -0.15) is 0 Å². The third kappa shape index (κ3) is 4.68. The van der Waals surface area contributed by atoms with E-state index in [0.717, 1.165) is 36.3 Å². The molecule has 1 aromatic carbocycles. The second-order valence-corrected chi connectivity index (χ2v) is 7.85. The summed E-state index contributed by atoms with van der Waals surface area (Å²) in [6.45, 7) is 1.49. The van der Waals surface area contributed by atoms with Crippen molar-refractivity contribution >= 4 is 28.8 Å². The normalized spacial score (nSPS) is 18.7. The number of halogens is 2. The van der Waals surface area contributed by atoms with Crippen LogP contribution >= 0.6 is 23.2 Å². The molecule has 0 atom stereocenters. The highest BCUT2D eigenvalue weighted by Gasteiger charge is 2.31. The van der Waals surface area contributed by atoms with Crippen LogP contribution in [0.1, 0.15) is 24.1 Å². The van der Waals surface area contributed by atoms with E-state index < -0.39 is 0 Å². The summed E-state index contributed by atoms with van der Waals surface area (Å²) >= 11 is 12.2. The molecule has 154 valence electrons. The van der Waals surface area contributed by atoms with Gasteiger partial charge in [0.1, 0.15) is 29.3 Å². The van der Waals surface area contributed by atoms with Crippen LogP contribution in [0.5, 0.6) is 5.75 Å². The number of fused-ring (bicyclic) bond motifs is 1. The third-order valence-corrected chi connectivity index (χ3v) is 5.85. The van der Waals surface area contributed by atoms with Crippen LogP contribution in [0.3, 0.4) is 0 Å². The fraction of sp³-hybridized carbons (Fsp3) is 0.381. The maximum absolute atomic E-state index is 6.20. The third-order valence-electron chi connectivity index (χ3n) is 5.05. The molecular weight excluding hydrogens is 413 g/mol. The highest BCUT2D eigenvalue weighted by Crippen LogP contribution is 2.35. The molecule has 2 heterocycles. The van der Waals surface area contributed by atoms with Crippen LogP contribution in [0.25, 0.3) is 5.65 Å². The number of methoxy groups -OCH3 is 1. The van der Waals surface area contributed by atoms with Crippen LogP contribution in [-0.2, 0) is 22.6 Å². The summed E-state index contributed by atoms with van der Waals surface area (Å²) < 4.78 is 18.4. The summed E-state index contributed by atoms with van der Waals surface area (Å²) in [5.41, 5.74) is 3.12. The van der Waals surface area contributed by atoms with Gasteiger partial charge in [0.25, 0.3) is 0 Å². The van der Waals surface area contributed by atoms with Gasteiger partial charge < -0.3 is 23.9 Å². The summed E-state index contributed by atoms with van der Waals surface area (Å²) in [5.74, 6) is 0.646. The molecule has 3 aromatic rings. The van der Waals surface area contributed by atoms with Crippen LogP contribution in [0, 0.1) is 0 Å². The zero-order chi connectivity index (χ0) is 20.2. The Balaban J connectivity index is 1.30. The number of imidazole rings is 1. The van der Waals surface area contributed by atoms with E-state index in [-0.39, 0.29) is 12.9 Å². The Morgan fingerprint density at radius 2 is 2.07 bits per heavy atom. The Morgan fingerprint density at radius 3 is 2.90 bits per heavy atom. The molecule has 29 heavy (non-hydrogen) atoms. The van der Waals surface area contributed by atoms with Crippen molar-refractivity contribution < 1.29 is 14.2 Å². The second-order valence-electron chi connectivity index (χ2n) is 7.07. The van der Waals surface area contributed by atoms with Gasteiger partial charge >= 0.3 is 0 Å². The molecule has 1 N–H and O–H groups in total. The van der Waals surface area contributed by atoms with Gasteiger partial charge in [0, 0.05) is 37.7 Å². The summed E-state index contributed by atoms with van der Waals surface area (Å²) in [4.78, 5) is 4.50. The van der Waals surface area contributed by atoms with Crippen molar-refractivity contribution in [2.45, 2.75) is 38.1 Å². The predicted octanol–water partition coefficient (Wildman–Crippen LogP) is 4.46. The average molecular weight is 436 g/mol. The highest BCUT2D eigenvalue weighted by atomic mass is 35.5. The minimum Gasteiger partial charge on any atom is -0.489 e. The average Bonchev–Trinajstić information content (AvgIpc) is 3.18. The number of nitrogens with one attached hydrogen (secondary N) is 1. The first-order valence-corrected chi connectivity index (χ1v) is 10.3. The molecule has 6 nitrogen and oxygen atoms in total. The number of pyridine rings is 1. The van der Waals surface area contributed by atoms with Crippen LogP contribution in [0.4, 0.5) is 0 Å². The first-order chi connectivity index (χ1) is 14.2. The summed E-state index contributed by atoms with van der Waals surface area (Å²) in [6, 6.07) is 10.0. The standard InChI is InChI=1S/C21H23Cl2N3O3/c1-27-13-28-12-16-6-5-14(21-24-7-8-26(16)21)11-25-15-9-17(10-15)29-19-4-2-3-18(22)20(19)23/h2-8,15,17,25H,9-13H2,1H3. The summed E-state index contributed by atoms with van der Waals surface area (Å²) in [6.07, 6.45) is 5.76. The van der Waals surface area contributed by atoms with Gasteiger partial charge in [-0.15, -0.1) is 0 Å².